The Morgan fingerprint density at radius 2 is 1.93 bits per heavy atom. The molecule has 0 amide bonds. The minimum Gasteiger partial charge on any atom is -0.482 e. The monoisotopic (exact) mass is 393 g/mol. The number of esters is 2. The van der Waals surface area contributed by atoms with Crippen molar-refractivity contribution >= 4 is 29.3 Å². The SMILES string of the molecule is COC(=O)c1c(C)[nH]c(C(=O)[C@H](C)OC(=O)COc2cccc(Cl)c2)c1C. The molecule has 0 bridgehead atoms. The summed E-state index contributed by atoms with van der Waals surface area (Å²) in [5.41, 5.74) is 1.44. The number of H-pyrrole nitrogens is 1. The fourth-order valence-electron chi connectivity index (χ4n) is 2.59. The van der Waals surface area contributed by atoms with Crippen LogP contribution in [0.25, 0.3) is 0 Å². The number of hydrogen-bond donors (Lipinski definition) is 1. The number of ether oxygens (including phenoxy) is 3. The molecule has 0 radical (unpaired) electrons. The number of aromatic nitrogens is 1. The molecule has 0 unspecified atom stereocenters. The number of carbonyl (C=O) groups excluding carboxylic acids is 3. The first-order chi connectivity index (χ1) is 12.7. The number of aryl methyl sites for hydroxylation is 1. The van der Waals surface area contributed by atoms with Crippen molar-refractivity contribution in [3.8, 4) is 5.75 Å². The quantitative estimate of drug-likeness (QED) is 0.573. The van der Waals surface area contributed by atoms with Crippen LogP contribution in [-0.2, 0) is 14.3 Å². The zero-order chi connectivity index (χ0) is 20.1. The molecule has 27 heavy (non-hydrogen) atoms. The molecule has 1 aromatic carbocycles. The molecule has 0 spiro atoms. The second-order valence-corrected chi connectivity index (χ2v) is 6.30. The van der Waals surface area contributed by atoms with Gasteiger partial charge in [0.05, 0.1) is 18.4 Å². The lowest BCUT2D eigenvalue weighted by Gasteiger charge is -2.13. The number of ketones is 1. The van der Waals surface area contributed by atoms with Gasteiger partial charge in [-0.1, -0.05) is 17.7 Å². The zero-order valence-corrected chi connectivity index (χ0v) is 16.2. The lowest BCUT2D eigenvalue weighted by Crippen LogP contribution is -2.28. The number of benzene rings is 1. The van der Waals surface area contributed by atoms with Crippen LogP contribution in [0.2, 0.25) is 5.02 Å². The molecule has 0 fully saturated rings. The van der Waals surface area contributed by atoms with E-state index in [1.807, 2.05) is 0 Å². The second kappa shape index (κ2) is 8.73. The van der Waals surface area contributed by atoms with E-state index in [1.165, 1.54) is 14.0 Å². The molecule has 0 saturated carbocycles. The van der Waals surface area contributed by atoms with E-state index in [4.69, 9.17) is 25.8 Å². The summed E-state index contributed by atoms with van der Waals surface area (Å²) in [5.74, 6) is -1.29. The van der Waals surface area contributed by atoms with E-state index in [0.29, 0.717) is 27.6 Å². The van der Waals surface area contributed by atoms with Gasteiger partial charge in [0.15, 0.2) is 12.7 Å². The molecule has 144 valence electrons. The Balaban J connectivity index is 2.01. The Morgan fingerprint density at radius 1 is 1.22 bits per heavy atom. The Kier molecular flexibility index (Phi) is 6.63. The van der Waals surface area contributed by atoms with Crippen molar-refractivity contribution < 1.29 is 28.6 Å². The highest BCUT2D eigenvalue weighted by Gasteiger charge is 2.27. The van der Waals surface area contributed by atoms with Crippen molar-refractivity contribution in [3.63, 3.8) is 0 Å². The third-order valence-electron chi connectivity index (χ3n) is 3.90. The van der Waals surface area contributed by atoms with Gasteiger partial charge >= 0.3 is 11.9 Å². The molecular formula is C19H20ClNO6. The zero-order valence-electron chi connectivity index (χ0n) is 15.4. The molecule has 1 heterocycles. The number of rotatable bonds is 7. The predicted octanol–water partition coefficient (Wildman–Crippen LogP) is 3.26. The summed E-state index contributed by atoms with van der Waals surface area (Å²) in [7, 11) is 1.26. The lowest BCUT2D eigenvalue weighted by molar-refractivity contribution is -0.148. The fourth-order valence-corrected chi connectivity index (χ4v) is 2.77. The predicted molar refractivity (Wildman–Crippen MR) is 98.4 cm³/mol. The lowest BCUT2D eigenvalue weighted by atomic mass is 10.1. The molecule has 2 aromatic rings. The molecule has 8 heteroatoms. The van der Waals surface area contributed by atoms with Crippen LogP contribution in [0.5, 0.6) is 5.75 Å². The van der Waals surface area contributed by atoms with Gasteiger partial charge in [-0.25, -0.2) is 9.59 Å². The van der Waals surface area contributed by atoms with Crippen LogP contribution in [0.4, 0.5) is 0 Å². The Hall–Kier alpha value is -2.80. The summed E-state index contributed by atoms with van der Waals surface area (Å²) in [4.78, 5) is 39.2. The highest BCUT2D eigenvalue weighted by atomic mass is 35.5. The van der Waals surface area contributed by atoms with Gasteiger partial charge in [0.1, 0.15) is 5.75 Å². The maximum absolute atomic E-state index is 12.6. The molecule has 7 nitrogen and oxygen atoms in total. The number of nitrogens with one attached hydrogen (secondary N) is 1. The van der Waals surface area contributed by atoms with Crippen molar-refractivity contribution in [3.05, 3.63) is 51.8 Å². The van der Waals surface area contributed by atoms with Crippen LogP contribution in [0.15, 0.2) is 24.3 Å². The molecule has 0 saturated heterocycles. The minimum atomic E-state index is -1.05. The van der Waals surface area contributed by atoms with Gasteiger partial charge in [-0.05, 0) is 44.5 Å². The van der Waals surface area contributed by atoms with E-state index in [9.17, 15) is 14.4 Å². The van der Waals surface area contributed by atoms with Crippen LogP contribution in [0, 0.1) is 13.8 Å². The van der Waals surface area contributed by atoms with E-state index >= 15 is 0 Å². The smallest absolute Gasteiger partial charge is 0.344 e. The molecular weight excluding hydrogens is 374 g/mol. The van der Waals surface area contributed by atoms with Gasteiger partial charge in [-0.2, -0.15) is 0 Å². The number of methoxy groups -OCH3 is 1. The first kappa shape index (κ1) is 20.5. The first-order valence-corrected chi connectivity index (χ1v) is 8.52. The van der Waals surface area contributed by atoms with Gasteiger partial charge in [0.2, 0.25) is 5.78 Å². The second-order valence-electron chi connectivity index (χ2n) is 5.86. The first-order valence-electron chi connectivity index (χ1n) is 8.14. The Labute approximate surface area is 161 Å². The molecule has 0 aliphatic rings. The topological polar surface area (TPSA) is 94.7 Å². The summed E-state index contributed by atoms with van der Waals surface area (Å²) in [6.45, 7) is 4.37. The molecule has 0 aliphatic heterocycles. The minimum absolute atomic E-state index is 0.198. The summed E-state index contributed by atoms with van der Waals surface area (Å²) >= 11 is 5.84. The van der Waals surface area contributed by atoms with Crippen molar-refractivity contribution in [2.24, 2.45) is 0 Å². The Bertz CT molecular complexity index is 873. The largest absolute Gasteiger partial charge is 0.482 e. The molecule has 1 atom stereocenters. The van der Waals surface area contributed by atoms with Crippen LogP contribution in [0.3, 0.4) is 0 Å². The summed E-state index contributed by atoms with van der Waals surface area (Å²) in [6.07, 6.45) is -1.05. The number of halogens is 1. The molecule has 1 aromatic heterocycles. The number of Topliss-reactive ketones (excluding diaryl/α,β-unsaturated/α-hetero) is 1. The molecule has 2 rings (SSSR count). The van der Waals surface area contributed by atoms with Gasteiger partial charge in [-0.3, -0.25) is 4.79 Å². The van der Waals surface area contributed by atoms with Crippen molar-refractivity contribution in [2.75, 3.05) is 13.7 Å². The standard InChI is InChI=1S/C19H20ClNO6/c1-10-16(19(24)25-4)11(2)21-17(10)18(23)12(3)27-15(22)9-26-14-7-5-6-13(20)8-14/h5-8,12,21H,9H2,1-4H3/t12-/m0/s1. The summed E-state index contributed by atoms with van der Waals surface area (Å²) in [5, 5.41) is 0.475. The van der Waals surface area contributed by atoms with Crippen LogP contribution in [-0.4, -0.2) is 42.5 Å². The average molecular weight is 394 g/mol. The van der Waals surface area contributed by atoms with Crippen LogP contribution in [0.1, 0.15) is 39.0 Å². The average Bonchev–Trinajstić information content (AvgIpc) is 2.93. The summed E-state index contributed by atoms with van der Waals surface area (Å²) in [6, 6.07) is 6.57. The third-order valence-corrected chi connectivity index (χ3v) is 4.14. The van der Waals surface area contributed by atoms with Gasteiger partial charge in [0.25, 0.3) is 0 Å². The van der Waals surface area contributed by atoms with Crippen molar-refractivity contribution in [1.82, 2.24) is 4.98 Å². The van der Waals surface area contributed by atoms with Crippen molar-refractivity contribution in [2.45, 2.75) is 26.9 Å². The maximum Gasteiger partial charge on any atom is 0.344 e. The van der Waals surface area contributed by atoms with E-state index < -0.39 is 23.8 Å². The summed E-state index contributed by atoms with van der Waals surface area (Å²) < 4.78 is 15.1. The number of aromatic amines is 1. The number of carbonyl (C=O) groups is 3. The molecule has 1 N–H and O–H groups in total. The van der Waals surface area contributed by atoms with E-state index in [2.05, 4.69) is 4.98 Å². The number of hydrogen-bond acceptors (Lipinski definition) is 6. The van der Waals surface area contributed by atoms with Crippen molar-refractivity contribution in [1.29, 1.82) is 0 Å². The van der Waals surface area contributed by atoms with Crippen LogP contribution < -0.4 is 4.74 Å². The van der Waals surface area contributed by atoms with Gasteiger partial charge < -0.3 is 19.2 Å². The Morgan fingerprint density at radius 3 is 2.56 bits per heavy atom. The van der Waals surface area contributed by atoms with Gasteiger partial charge in [-0.15, -0.1) is 0 Å². The highest BCUT2D eigenvalue weighted by Crippen LogP contribution is 2.21. The van der Waals surface area contributed by atoms with E-state index in [-0.39, 0.29) is 12.3 Å². The highest BCUT2D eigenvalue weighted by molar-refractivity contribution is 6.30. The molecule has 0 aliphatic carbocycles. The van der Waals surface area contributed by atoms with E-state index in [0.717, 1.165) is 0 Å². The third kappa shape index (κ3) is 4.89. The normalized spacial score (nSPS) is 11.6. The van der Waals surface area contributed by atoms with E-state index in [1.54, 1.807) is 38.1 Å². The van der Waals surface area contributed by atoms with Crippen LogP contribution >= 0.6 is 11.6 Å². The fraction of sp³-hybridized carbons (Fsp3) is 0.316. The maximum atomic E-state index is 12.6. The van der Waals surface area contributed by atoms with Gasteiger partial charge in [0, 0.05) is 10.7 Å².